The van der Waals surface area contributed by atoms with E-state index in [0.717, 1.165) is 30.8 Å². The second kappa shape index (κ2) is 6.10. The Kier molecular flexibility index (Phi) is 4.01. The van der Waals surface area contributed by atoms with Crippen LogP contribution in [0.2, 0.25) is 0 Å². The van der Waals surface area contributed by atoms with E-state index in [1.165, 1.54) is 0 Å². The van der Waals surface area contributed by atoms with E-state index in [9.17, 15) is 9.59 Å². The molecule has 0 saturated carbocycles. The molecule has 2 N–H and O–H groups in total. The van der Waals surface area contributed by atoms with Gasteiger partial charge in [-0.1, -0.05) is 24.3 Å². The Morgan fingerprint density at radius 3 is 2.76 bits per heavy atom. The fourth-order valence-electron chi connectivity index (χ4n) is 2.66. The van der Waals surface area contributed by atoms with Crippen LogP contribution in [-0.2, 0) is 16.1 Å². The van der Waals surface area contributed by atoms with Crippen LogP contribution in [0.5, 0.6) is 0 Å². The van der Waals surface area contributed by atoms with Gasteiger partial charge in [0, 0.05) is 31.7 Å². The van der Waals surface area contributed by atoms with Crippen molar-refractivity contribution in [3.05, 3.63) is 42.0 Å². The molecule has 0 bridgehead atoms. The molecule has 2 aliphatic rings. The third-order valence-corrected chi connectivity index (χ3v) is 3.85. The number of nitrogens with zero attached hydrogens (tertiary/aromatic N) is 1. The molecule has 0 aromatic heterocycles. The van der Waals surface area contributed by atoms with Crippen molar-refractivity contribution in [1.82, 2.24) is 10.6 Å². The van der Waals surface area contributed by atoms with Gasteiger partial charge in [-0.2, -0.15) is 0 Å². The number of hydrogen-bond donors (Lipinski definition) is 2. The van der Waals surface area contributed by atoms with Crippen LogP contribution < -0.4 is 15.5 Å². The number of hydrogen-bond acceptors (Lipinski definition) is 3. The SMILES string of the molecule is O=C(NCc1ccc(N2CCCC2=O)cc1)[C@@H]1C=CCN1. The summed E-state index contributed by atoms with van der Waals surface area (Å²) in [6.45, 7) is 2.05. The van der Waals surface area contributed by atoms with Crippen molar-refractivity contribution in [2.24, 2.45) is 0 Å². The largest absolute Gasteiger partial charge is 0.350 e. The lowest BCUT2D eigenvalue weighted by Gasteiger charge is -2.16. The molecule has 1 saturated heterocycles. The predicted molar refractivity (Wildman–Crippen MR) is 80.8 cm³/mol. The van der Waals surface area contributed by atoms with Crippen molar-refractivity contribution in [2.75, 3.05) is 18.0 Å². The minimum Gasteiger partial charge on any atom is -0.350 e. The van der Waals surface area contributed by atoms with Gasteiger partial charge in [0.1, 0.15) is 6.04 Å². The van der Waals surface area contributed by atoms with E-state index >= 15 is 0 Å². The van der Waals surface area contributed by atoms with E-state index in [1.54, 1.807) is 0 Å². The number of carbonyl (C=O) groups is 2. The molecule has 5 heteroatoms. The molecule has 5 nitrogen and oxygen atoms in total. The second-order valence-electron chi connectivity index (χ2n) is 5.35. The van der Waals surface area contributed by atoms with Gasteiger partial charge in [0.2, 0.25) is 11.8 Å². The highest BCUT2D eigenvalue weighted by Crippen LogP contribution is 2.21. The molecule has 2 heterocycles. The summed E-state index contributed by atoms with van der Waals surface area (Å²) in [6.07, 6.45) is 5.39. The summed E-state index contributed by atoms with van der Waals surface area (Å²) in [6, 6.07) is 7.58. The molecule has 3 rings (SSSR count). The van der Waals surface area contributed by atoms with Gasteiger partial charge in [0.15, 0.2) is 0 Å². The lowest BCUT2D eigenvalue weighted by Crippen LogP contribution is -2.40. The van der Waals surface area contributed by atoms with Crippen LogP contribution in [0.3, 0.4) is 0 Å². The second-order valence-corrected chi connectivity index (χ2v) is 5.35. The molecular formula is C16H19N3O2. The van der Waals surface area contributed by atoms with Crippen molar-refractivity contribution in [2.45, 2.75) is 25.4 Å². The molecule has 2 amide bonds. The summed E-state index contributed by atoms with van der Waals surface area (Å²) in [7, 11) is 0. The smallest absolute Gasteiger partial charge is 0.241 e. The van der Waals surface area contributed by atoms with Crippen LogP contribution >= 0.6 is 0 Å². The summed E-state index contributed by atoms with van der Waals surface area (Å²) in [4.78, 5) is 25.4. The van der Waals surface area contributed by atoms with E-state index in [0.29, 0.717) is 13.0 Å². The predicted octanol–water partition coefficient (Wildman–Crippen LogP) is 0.958. The van der Waals surface area contributed by atoms with E-state index < -0.39 is 0 Å². The number of benzene rings is 1. The Balaban J connectivity index is 1.56. The molecule has 1 aromatic carbocycles. The Bertz CT molecular complexity index is 565. The molecular weight excluding hydrogens is 266 g/mol. The molecule has 0 radical (unpaired) electrons. The normalized spacial score (nSPS) is 21.0. The van der Waals surface area contributed by atoms with Gasteiger partial charge in [-0.3, -0.25) is 14.9 Å². The third kappa shape index (κ3) is 3.13. The maximum absolute atomic E-state index is 11.9. The van der Waals surface area contributed by atoms with Gasteiger partial charge in [-0.25, -0.2) is 0 Å². The topological polar surface area (TPSA) is 61.4 Å². The van der Waals surface area contributed by atoms with Gasteiger partial charge < -0.3 is 10.2 Å². The Morgan fingerprint density at radius 2 is 2.14 bits per heavy atom. The minimum absolute atomic E-state index is 0.0115. The molecule has 1 aromatic rings. The van der Waals surface area contributed by atoms with Gasteiger partial charge in [-0.05, 0) is 24.1 Å². The van der Waals surface area contributed by atoms with Crippen LogP contribution in [0.15, 0.2) is 36.4 Å². The molecule has 1 atom stereocenters. The molecule has 110 valence electrons. The zero-order valence-corrected chi connectivity index (χ0v) is 11.8. The first-order valence-electron chi connectivity index (χ1n) is 7.31. The Hall–Kier alpha value is -2.14. The lowest BCUT2D eigenvalue weighted by molar-refractivity contribution is -0.122. The lowest BCUT2D eigenvalue weighted by atomic mass is 10.2. The summed E-state index contributed by atoms with van der Waals surface area (Å²) in [5, 5.41) is 5.98. The van der Waals surface area contributed by atoms with Crippen molar-refractivity contribution in [1.29, 1.82) is 0 Å². The molecule has 1 fully saturated rings. The number of rotatable bonds is 4. The average molecular weight is 285 g/mol. The zero-order valence-electron chi connectivity index (χ0n) is 11.8. The highest BCUT2D eigenvalue weighted by molar-refractivity contribution is 5.95. The first-order valence-corrected chi connectivity index (χ1v) is 7.31. The molecule has 0 unspecified atom stereocenters. The van der Waals surface area contributed by atoms with Crippen LogP contribution in [0.1, 0.15) is 18.4 Å². The monoisotopic (exact) mass is 285 g/mol. The van der Waals surface area contributed by atoms with E-state index in [2.05, 4.69) is 10.6 Å². The van der Waals surface area contributed by atoms with Crippen molar-refractivity contribution >= 4 is 17.5 Å². The summed E-state index contributed by atoms with van der Waals surface area (Å²) < 4.78 is 0. The summed E-state index contributed by atoms with van der Waals surface area (Å²) in [5.74, 6) is 0.178. The van der Waals surface area contributed by atoms with Crippen LogP contribution in [0.4, 0.5) is 5.69 Å². The van der Waals surface area contributed by atoms with E-state index in [1.807, 2.05) is 41.3 Å². The first-order chi connectivity index (χ1) is 10.2. The van der Waals surface area contributed by atoms with E-state index in [-0.39, 0.29) is 17.9 Å². The van der Waals surface area contributed by atoms with Crippen LogP contribution in [0, 0.1) is 0 Å². The van der Waals surface area contributed by atoms with E-state index in [4.69, 9.17) is 0 Å². The fraction of sp³-hybridized carbons (Fsp3) is 0.375. The molecule has 2 aliphatic heterocycles. The zero-order chi connectivity index (χ0) is 14.7. The van der Waals surface area contributed by atoms with Crippen molar-refractivity contribution < 1.29 is 9.59 Å². The quantitative estimate of drug-likeness (QED) is 0.810. The number of amides is 2. The molecule has 0 spiro atoms. The first kappa shape index (κ1) is 13.8. The standard InChI is InChI=1S/C16H19N3O2/c20-15-4-2-10-19(15)13-7-5-12(6-8-13)11-18-16(21)14-3-1-9-17-14/h1,3,5-8,14,17H,2,4,9-11H2,(H,18,21)/t14-/m0/s1. The summed E-state index contributed by atoms with van der Waals surface area (Å²) in [5.41, 5.74) is 1.97. The fourth-order valence-corrected chi connectivity index (χ4v) is 2.66. The van der Waals surface area contributed by atoms with Gasteiger partial charge in [0.05, 0.1) is 0 Å². The minimum atomic E-state index is -0.216. The van der Waals surface area contributed by atoms with Gasteiger partial charge in [-0.15, -0.1) is 0 Å². The number of anilines is 1. The van der Waals surface area contributed by atoms with Gasteiger partial charge >= 0.3 is 0 Å². The maximum atomic E-state index is 11.9. The Labute approximate surface area is 124 Å². The van der Waals surface area contributed by atoms with Crippen LogP contribution in [0.25, 0.3) is 0 Å². The van der Waals surface area contributed by atoms with Gasteiger partial charge in [0.25, 0.3) is 0 Å². The highest BCUT2D eigenvalue weighted by atomic mass is 16.2. The molecule has 21 heavy (non-hydrogen) atoms. The van der Waals surface area contributed by atoms with Crippen molar-refractivity contribution in [3.63, 3.8) is 0 Å². The number of carbonyl (C=O) groups excluding carboxylic acids is 2. The maximum Gasteiger partial charge on any atom is 0.241 e. The summed E-state index contributed by atoms with van der Waals surface area (Å²) >= 11 is 0. The molecule has 0 aliphatic carbocycles. The Morgan fingerprint density at radius 1 is 1.33 bits per heavy atom. The van der Waals surface area contributed by atoms with Crippen LogP contribution in [-0.4, -0.2) is 30.9 Å². The third-order valence-electron chi connectivity index (χ3n) is 3.85. The highest BCUT2D eigenvalue weighted by Gasteiger charge is 2.21. The average Bonchev–Trinajstić information content (AvgIpc) is 3.17. The van der Waals surface area contributed by atoms with Crippen molar-refractivity contribution in [3.8, 4) is 0 Å². The number of nitrogens with one attached hydrogen (secondary N) is 2.